The summed E-state index contributed by atoms with van der Waals surface area (Å²) < 4.78 is 55.8. The Balaban J connectivity index is 0.967. The molecule has 0 spiro atoms. The summed E-state index contributed by atoms with van der Waals surface area (Å²) in [7, 11) is 0. The number of anilines is 2. The number of pyridine rings is 1. The Hall–Kier alpha value is -9.45. The molecule has 0 radical (unpaired) electrons. The van der Waals surface area contributed by atoms with Crippen LogP contribution in [0.2, 0.25) is 0 Å². The number of ether oxygens (including phenoxy) is 1. The average molecular weight is 1030 g/mol. The van der Waals surface area contributed by atoms with Crippen LogP contribution in [0.3, 0.4) is 0 Å². The molecule has 0 N–H and O–H groups in total. The van der Waals surface area contributed by atoms with E-state index >= 15 is 0 Å². The molecule has 0 fully saturated rings. The molecule has 0 atom stereocenters. The van der Waals surface area contributed by atoms with Gasteiger partial charge in [0.25, 0.3) is 0 Å². The minimum Gasteiger partial charge on any atom is -0.457 e. The van der Waals surface area contributed by atoms with Gasteiger partial charge >= 0.3 is 0 Å². The van der Waals surface area contributed by atoms with E-state index < -0.39 is 6.04 Å². The van der Waals surface area contributed by atoms with Crippen molar-refractivity contribution in [3.63, 3.8) is 0 Å². The van der Waals surface area contributed by atoms with Crippen molar-refractivity contribution in [3.8, 4) is 50.7 Å². The van der Waals surface area contributed by atoms with E-state index in [4.69, 9.17) is 16.6 Å². The zero-order valence-electron chi connectivity index (χ0n) is 50.1. The first kappa shape index (κ1) is 42.6. The Morgan fingerprint density at radius 2 is 1.06 bits per heavy atom. The van der Waals surface area contributed by atoms with Crippen molar-refractivity contribution in [2.45, 2.75) is 59.0 Å². The molecule has 14 rings (SSSR count). The van der Waals surface area contributed by atoms with Crippen LogP contribution < -0.4 is 9.64 Å². The van der Waals surface area contributed by atoms with Gasteiger partial charge in [-0.3, -0.25) is 4.57 Å². The first-order valence-corrected chi connectivity index (χ1v) is 27.1. The van der Waals surface area contributed by atoms with Crippen molar-refractivity contribution in [3.05, 3.63) is 254 Å². The molecular formula is C74H60N4O. The maximum atomic E-state index is 9.13. The summed E-state index contributed by atoms with van der Waals surface area (Å²) in [6, 6.07) is 71.2. The lowest BCUT2D eigenvalue weighted by Crippen LogP contribution is -2.15. The number of benzene rings is 10. The summed E-state index contributed by atoms with van der Waals surface area (Å²) in [5.74, 6) is 2.22. The third-order valence-electron chi connectivity index (χ3n) is 15.8. The highest BCUT2D eigenvalue weighted by Gasteiger charge is 2.27. The number of fused-ring (bicyclic) bond motifs is 10. The van der Waals surface area contributed by atoms with Gasteiger partial charge in [-0.05, 0) is 126 Å². The summed E-state index contributed by atoms with van der Waals surface area (Å²) >= 11 is 0. The normalized spacial score (nSPS) is 13.5. The molecule has 3 aromatic heterocycles. The van der Waals surface area contributed by atoms with Gasteiger partial charge in [0.2, 0.25) is 0 Å². The molecule has 1 aliphatic rings. The fraction of sp³-hybridized carbons (Fsp3) is 0.122. The van der Waals surface area contributed by atoms with E-state index in [0.717, 1.165) is 110 Å². The Kier molecular flexibility index (Phi) is 10.1. The predicted octanol–water partition coefficient (Wildman–Crippen LogP) is 20.2. The second kappa shape index (κ2) is 18.6. The first-order chi connectivity index (χ1) is 40.5. The van der Waals surface area contributed by atoms with E-state index in [0.29, 0.717) is 23.7 Å². The lowest BCUT2D eigenvalue weighted by Gasteiger charge is -2.23. The van der Waals surface area contributed by atoms with E-state index in [9.17, 15) is 0 Å². The quantitative estimate of drug-likeness (QED) is 0.160. The summed E-state index contributed by atoms with van der Waals surface area (Å²) in [6.45, 7) is 13.6. The Morgan fingerprint density at radius 1 is 0.443 bits per heavy atom. The van der Waals surface area contributed by atoms with Gasteiger partial charge in [0.1, 0.15) is 24.0 Å². The third-order valence-corrected chi connectivity index (χ3v) is 15.8. The number of nitrogens with zero attached hydrogens (tertiary/aromatic N) is 4. The van der Waals surface area contributed by atoms with Crippen molar-refractivity contribution in [2.24, 2.45) is 0 Å². The van der Waals surface area contributed by atoms with Gasteiger partial charge in [0.15, 0.2) is 0 Å². The molecule has 4 heterocycles. The minimum atomic E-state index is -0.415. The zero-order valence-corrected chi connectivity index (χ0v) is 45.1. The molecule has 79 heavy (non-hydrogen) atoms. The Bertz CT molecular complexity index is 4920. The fourth-order valence-corrected chi connectivity index (χ4v) is 12.0. The van der Waals surface area contributed by atoms with Crippen LogP contribution in [0.1, 0.15) is 59.5 Å². The molecule has 0 saturated carbocycles. The summed E-state index contributed by atoms with van der Waals surface area (Å²) in [4.78, 5) is 7.38. The molecule has 0 unspecified atom stereocenters. The topological polar surface area (TPSA) is 35.2 Å². The van der Waals surface area contributed by atoms with E-state index in [1.54, 1.807) is 0 Å². The van der Waals surface area contributed by atoms with E-state index in [1.807, 2.05) is 24.4 Å². The van der Waals surface area contributed by atoms with Crippen molar-refractivity contribution in [1.82, 2.24) is 14.1 Å². The van der Waals surface area contributed by atoms with Crippen molar-refractivity contribution >= 4 is 76.5 Å². The average Bonchev–Trinajstić information content (AvgIpc) is 2.03. The van der Waals surface area contributed by atoms with Gasteiger partial charge in [-0.25, -0.2) is 4.98 Å². The predicted molar refractivity (Wildman–Crippen MR) is 333 cm³/mol. The standard InChI is InChI=1S/C74H60N4O/c1-73(2,3)52-39-40-75-69(44-52)78-66-35-19-31-57(49-23-11-8-12-24-49)70(66)65-38-37-56(46-68(65)78)79-55-26-17-25-54(45-55)76-47-77-71-58(51-41-50(48-21-9-7-10-22-48)42-53(43-51)74(4,5)6)32-18-33-63(71)61-29-15-13-27-59(61)60-28-14-16-30-62(60)64-34-20-36-67(76)72(64)77/h7-46H,47H2,1-6H3/i7D,9D,10D,21D,22D. The largest absolute Gasteiger partial charge is 0.457 e. The molecule has 0 aliphatic carbocycles. The van der Waals surface area contributed by atoms with Gasteiger partial charge in [-0.2, -0.15) is 0 Å². The monoisotopic (exact) mass is 1030 g/mol. The summed E-state index contributed by atoms with van der Waals surface area (Å²) in [5, 5.41) is 8.80. The maximum absolute atomic E-state index is 9.13. The van der Waals surface area contributed by atoms with Crippen LogP contribution in [0.15, 0.2) is 243 Å². The van der Waals surface area contributed by atoms with Gasteiger partial charge in [-0.15, -0.1) is 0 Å². The second-order valence-corrected chi connectivity index (χ2v) is 22.8. The number of hydrogen-bond acceptors (Lipinski definition) is 3. The molecule has 0 bridgehead atoms. The van der Waals surface area contributed by atoms with Gasteiger partial charge in [0, 0.05) is 51.1 Å². The number of aromatic nitrogens is 3. The molecule has 5 heteroatoms. The van der Waals surface area contributed by atoms with Crippen molar-refractivity contribution < 1.29 is 11.6 Å². The Morgan fingerprint density at radius 3 is 1.80 bits per heavy atom. The van der Waals surface area contributed by atoms with Crippen LogP contribution in [0.25, 0.3) is 104 Å². The van der Waals surface area contributed by atoms with Gasteiger partial charge in [0.05, 0.1) is 34.6 Å². The molecule has 382 valence electrons. The number of rotatable bonds is 7. The highest BCUT2D eigenvalue weighted by Crippen LogP contribution is 2.47. The molecular weight excluding hydrogens is 961 g/mol. The van der Waals surface area contributed by atoms with Crippen LogP contribution in [0, 0.1) is 0 Å². The minimum absolute atomic E-state index is 0.0844. The number of para-hydroxylation sites is 2. The highest BCUT2D eigenvalue weighted by molar-refractivity contribution is 6.22. The fourth-order valence-electron chi connectivity index (χ4n) is 12.0. The van der Waals surface area contributed by atoms with Crippen LogP contribution in [0.5, 0.6) is 11.5 Å². The van der Waals surface area contributed by atoms with Crippen molar-refractivity contribution in [2.75, 3.05) is 4.90 Å². The highest BCUT2D eigenvalue weighted by atomic mass is 16.5. The molecule has 13 aromatic rings. The van der Waals surface area contributed by atoms with Crippen LogP contribution in [-0.4, -0.2) is 14.1 Å². The Labute approximate surface area is 468 Å². The molecule has 5 nitrogen and oxygen atoms in total. The summed E-state index contributed by atoms with van der Waals surface area (Å²) in [5.41, 5.74) is 12.6. The van der Waals surface area contributed by atoms with Crippen molar-refractivity contribution in [1.29, 1.82) is 0 Å². The van der Waals surface area contributed by atoms with Crippen LogP contribution in [-0.2, 0) is 17.5 Å². The first-order valence-electron chi connectivity index (χ1n) is 29.6. The molecule has 1 aliphatic heterocycles. The van der Waals surface area contributed by atoms with E-state index in [-0.39, 0.29) is 40.6 Å². The maximum Gasteiger partial charge on any atom is 0.137 e. The molecule has 0 amide bonds. The second-order valence-electron chi connectivity index (χ2n) is 22.8. The zero-order chi connectivity index (χ0) is 57.9. The van der Waals surface area contributed by atoms with Gasteiger partial charge < -0.3 is 14.2 Å². The lowest BCUT2D eigenvalue weighted by molar-refractivity contribution is 0.483. The van der Waals surface area contributed by atoms with Crippen LogP contribution in [0.4, 0.5) is 11.4 Å². The van der Waals surface area contributed by atoms with Gasteiger partial charge in [-0.1, -0.05) is 211 Å². The summed E-state index contributed by atoms with van der Waals surface area (Å²) in [6.07, 6.45) is 1.92. The molecule has 10 aromatic carbocycles. The smallest absolute Gasteiger partial charge is 0.137 e. The lowest BCUT2D eigenvalue weighted by atomic mass is 9.83. The van der Waals surface area contributed by atoms with Crippen LogP contribution >= 0.6 is 0 Å². The van der Waals surface area contributed by atoms with E-state index in [1.165, 1.54) is 5.56 Å². The molecule has 0 saturated heterocycles. The third kappa shape index (κ3) is 8.27. The SMILES string of the molecule is [2H]c1c([2H])c([2H])c(-c2cc(-c3cccc4c5ccccc5c5ccccc5c5cccc6c5n(c34)CN6c3cccc(Oc4ccc5c6c(-c7ccccc7)cccc6n(-c6cc(C(C)(C)C)ccn6)c5c4)c3)cc(C(C)(C)C)c2)c([2H])c1[2H]. The van der Waals surface area contributed by atoms with E-state index in [2.05, 4.69) is 244 Å². The number of hydrogen-bond donors (Lipinski definition) is 0.